The predicted molar refractivity (Wildman–Crippen MR) is 67.7 cm³/mol. The second-order valence-electron chi connectivity index (χ2n) is 3.67. The van der Waals surface area contributed by atoms with Crippen molar-refractivity contribution in [3.63, 3.8) is 0 Å². The van der Waals surface area contributed by atoms with Gasteiger partial charge in [-0.1, -0.05) is 42.5 Å². The number of aromatic nitrogens is 2. The number of rotatable bonds is 3. The van der Waals surface area contributed by atoms with Gasteiger partial charge in [-0.2, -0.15) is 10.2 Å². The number of hydrogen-bond acceptors (Lipinski definition) is 3. The lowest BCUT2D eigenvalue weighted by atomic mass is 10.1. The first-order chi connectivity index (χ1) is 8.25. The van der Waals surface area contributed by atoms with Crippen molar-refractivity contribution in [3.8, 4) is 0 Å². The maximum atomic E-state index is 9.30. The second kappa shape index (κ2) is 5.37. The van der Waals surface area contributed by atoms with Gasteiger partial charge in [-0.05, 0) is 24.1 Å². The first kappa shape index (κ1) is 11.5. The van der Waals surface area contributed by atoms with E-state index in [1.807, 2.05) is 42.5 Å². The fourth-order valence-corrected chi connectivity index (χ4v) is 1.41. The zero-order chi connectivity index (χ0) is 12.1. The van der Waals surface area contributed by atoms with Crippen molar-refractivity contribution in [3.05, 3.63) is 66.3 Å². The van der Waals surface area contributed by atoms with Gasteiger partial charge in [0.25, 0.3) is 0 Å². The van der Waals surface area contributed by atoms with Crippen LogP contribution >= 0.6 is 0 Å². The Morgan fingerprint density at radius 1 is 1.12 bits per heavy atom. The zero-order valence-corrected chi connectivity index (χ0v) is 9.32. The van der Waals surface area contributed by atoms with Crippen LogP contribution in [0.25, 0.3) is 12.2 Å². The molecule has 2 rings (SSSR count). The molecule has 0 saturated heterocycles. The summed E-state index contributed by atoms with van der Waals surface area (Å²) in [5.41, 5.74) is 2.47. The summed E-state index contributed by atoms with van der Waals surface area (Å²) in [7, 11) is 0. The fraction of sp³-hybridized carbons (Fsp3) is 0.0714. The van der Waals surface area contributed by atoms with Crippen LogP contribution in [0, 0.1) is 6.92 Å². The lowest BCUT2D eigenvalue weighted by Crippen LogP contribution is -1.97. The summed E-state index contributed by atoms with van der Waals surface area (Å²) < 4.78 is 0. The van der Waals surface area contributed by atoms with E-state index in [1.165, 1.54) is 0 Å². The van der Waals surface area contributed by atoms with E-state index in [2.05, 4.69) is 17.1 Å². The van der Waals surface area contributed by atoms with E-state index in [1.54, 1.807) is 12.3 Å². The van der Waals surface area contributed by atoms with Gasteiger partial charge in [0.2, 0.25) is 0 Å². The first-order valence-corrected chi connectivity index (χ1v) is 5.32. The van der Waals surface area contributed by atoms with Crippen molar-refractivity contribution < 1.29 is 5.11 Å². The highest BCUT2D eigenvalue weighted by atomic mass is 16.3. The number of aliphatic hydroxyl groups is 1. The molecule has 3 nitrogen and oxygen atoms in total. The van der Waals surface area contributed by atoms with Gasteiger partial charge < -0.3 is 5.11 Å². The van der Waals surface area contributed by atoms with Crippen LogP contribution in [0.1, 0.15) is 22.9 Å². The van der Waals surface area contributed by atoms with E-state index in [4.69, 9.17) is 0 Å². The maximum absolute atomic E-state index is 9.30. The van der Waals surface area contributed by atoms with Crippen LogP contribution in [0.5, 0.6) is 0 Å². The molecule has 2 aromatic rings. The van der Waals surface area contributed by atoms with Crippen molar-refractivity contribution in [2.75, 3.05) is 0 Å². The number of benzene rings is 1. The average Bonchev–Trinajstić information content (AvgIpc) is 2.38. The summed E-state index contributed by atoms with van der Waals surface area (Å²) in [6.07, 6.45) is 4.71. The molecule has 17 heavy (non-hydrogen) atoms. The van der Waals surface area contributed by atoms with E-state index < -0.39 is 6.10 Å². The fourth-order valence-electron chi connectivity index (χ4n) is 1.41. The van der Waals surface area contributed by atoms with Gasteiger partial charge in [0.1, 0.15) is 0 Å². The first-order valence-electron chi connectivity index (χ1n) is 5.32. The molecule has 1 radical (unpaired) electrons. The maximum Gasteiger partial charge on any atom is 0.0979 e. The molecule has 0 aliphatic heterocycles. The highest BCUT2D eigenvalue weighted by Gasteiger charge is 2.02. The minimum Gasteiger partial charge on any atom is -0.387 e. The average molecular weight is 225 g/mol. The Balaban J connectivity index is 2.19. The summed E-state index contributed by atoms with van der Waals surface area (Å²) in [6.45, 7) is 3.50. The third-order valence-corrected chi connectivity index (χ3v) is 2.30. The predicted octanol–water partition coefficient (Wildman–Crippen LogP) is 2.51. The van der Waals surface area contributed by atoms with Gasteiger partial charge in [-0.15, -0.1) is 0 Å². The Hall–Kier alpha value is -2.00. The van der Waals surface area contributed by atoms with Gasteiger partial charge in [-0.3, -0.25) is 0 Å². The zero-order valence-electron chi connectivity index (χ0n) is 9.32. The minimum absolute atomic E-state index is 0.472. The van der Waals surface area contributed by atoms with E-state index in [0.29, 0.717) is 5.69 Å². The molecule has 1 unspecified atom stereocenters. The largest absolute Gasteiger partial charge is 0.387 e. The summed E-state index contributed by atoms with van der Waals surface area (Å²) in [4.78, 5) is 0. The Morgan fingerprint density at radius 3 is 2.53 bits per heavy atom. The van der Waals surface area contributed by atoms with E-state index in [9.17, 15) is 5.11 Å². The molecule has 0 spiro atoms. The Labute approximate surface area is 100 Å². The molecule has 0 fully saturated rings. The number of hydrogen-bond donors (Lipinski definition) is 1. The molecule has 0 amide bonds. The molecular weight excluding hydrogens is 212 g/mol. The van der Waals surface area contributed by atoms with Crippen molar-refractivity contribution in [2.24, 2.45) is 0 Å². The summed E-state index contributed by atoms with van der Waals surface area (Å²) in [5.74, 6) is 0. The highest BCUT2D eigenvalue weighted by molar-refractivity contribution is 5.69. The van der Waals surface area contributed by atoms with Crippen LogP contribution in [0.4, 0.5) is 0 Å². The lowest BCUT2D eigenvalue weighted by molar-refractivity contribution is 0.219. The van der Waals surface area contributed by atoms with Crippen LogP contribution in [0.3, 0.4) is 0 Å². The van der Waals surface area contributed by atoms with Crippen molar-refractivity contribution in [1.82, 2.24) is 10.2 Å². The second-order valence-corrected chi connectivity index (χ2v) is 3.67. The smallest absolute Gasteiger partial charge is 0.0979 e. The molecule has 3 heteroatoms. The normalized spacial score (nSPS) is 12.8. The standard InChI is InChI=1S/C14H13N2O/c1-11(17)14-9-13(10-15-16-14)8-7-12-5-3-2-4-6-12/h2-11,17H,1H2. The van der Waals surface area contributed by atoms with Gasteiger partial charge >= 0.3 is 0 Å². The molecule has 0 aliphatic carbocycles. The van der Waals surface area contributed by atoms with Crippen molar-refractivity contribution in [2.45, 2.75) is 6.10 Å². The van der Waals surface area contributed by atoms with Crippen molar-refractivity contribution >= 4 is 12.2 Å². The van der Waals surface area contributed by atoms with Crippen LogP contribution < -0.4 is 0 Å². The topological polar surface area (TPSA) is 46.0 Å². The third-order valence-electron chi connectivity index (χ3n) is 2.30. The van der Waals surface area contributed by atoms with Gasteiger partial charge in [0, 0.05) is 0 Å². The van der Waals surface area contributed by atoms with Crippen LogP contribution in [0.2, 0.25) is 0 Å². The molecule has 0 aliphatic rings. The van der Waals surface area contributed by atoms with Gasteiger partial charge in [0.05, 0.1) is 18.0 Å². The van der Waals surface area contributed by atoms with Crippen LogP contribution in [0.15, 0.2) is 42.6 Å². The van der Waals surface area contributed by atoms with Gasteiger partial charge in [-0.25, -0.2) is 0 Å². The molecule has 85 valence electrons. The van der Waals surface area contributed by atoms with E-state index in [0.717, 1.165) is 11.1 Å². The Bertz CT molecular complexity index is 507. The summed E-state index contributed by atoms with van der Waals surface area (Å²) in [6, 6.07) is 11.7. The van der Waals surface area contributed by atoms with E-state index in [-0.39, 0.29) is 0 Å². The quantitative estimate of drug-likeness (QED) is 0.873. The molecule has 0 bridgehead atoms. The monoisotopic (exact) mass is 225 g/mol. The molecule has 1 aromatic carbocycles. The van der Waals surface area contributed by atoms with Gasteiger partial charge in [0.15, 0.2) is 0 Å². The molecule has 1 heterocycles. The number of nitrogens with zero attached hydrogens (tertiary/aromatic N) is 2. The number of aliphatic hydroxyl groups excluding tert-OH is 1. The molecule has 1 N–H and O–H groups in total. The minimum atomic E-state index is -0.840. The molecule has 0 saturated carbocycles. The SMILES string of the molecule is [CH2]C(O)c1cc(C=Cc2ccccc2)cnn1. The van der Waals surface area contributed by atoms with Crippen LogP contribution in [-0.2, 0) is 0 Å². The van der Waals surface area contributed by atoms with E-state index >= 15 is 0 Å². The van der Waals surface area contributed by atoms with Crippen molar-refractivity contribution in [1.29, 1.82) is 0 Å². The highest BCUT2D eigenvalue weighted by Crippen LogP contribution is 2.11. The molecule has 1 atom stereocenters. The Morgan fingerprint density at radius 2 is 1.82 bits per heavy atom. The molecule has 1 aromatic heterocycles. The third kappa shape index (κ3) is 3.23. The Kier molecular flexibility index (Phi) is 3.62. The lowest BCUT2D eigenvalue weighted by Gasteiger charge is -2.02. The van der Waals surface area contributed by atoms with Crippen LogP contribution in [-0.4, -0.2) is 15.3 Å². The molecular formula is C14H13N2O. The summed E-state index contributed by atoms with van der Waals surface area (Å²) >= 11 is 0. The summed E-state index contributed by atoms with van der Waals surface area (Å²) in [5, 5.41) is 16.9.